The second-order valence-corrected chi connectivity index (χ2v) is 4.18. The first-order valence-electron chi connectivity index (χ1n) is 5.60. The molecule has 0 spiro atoms. The summed E-state index contributed by atoms with van der Waals surface area (Å²) in [6.07, 6.45) is 2.51. The van der Waals surface area contributed by atoms with Crippen LogP contribution in [0.3, 0.4) is 0 Å². The molecule has 1 atom stereocenters. The zero-order valence-electron chi connectivity index (χ0n) is 9.71. The van der Waals surface area contributed by atoms with Crippen molar-refractivity contribution in [3.63, 3.8) is 0 Å². The topological polar surface area (TPSA) is 52.5 Å². The van der Waals surface area contributed by atoms with E-state index in [9.17, 15) is 5.11 Å². The largest absolute Gasteiger partial charge is 0.396 e. The van der Waals surface area contributed by atoms with Crippen molar-refractivity contribution in [2.75, 3.05) is 19.7 Å². The number of hydrogen-bond acceptors (Lipinski definition) is 3. The molecule has 0 saturated heterocycles. The van der Waals surface area contributed by atoms with Crippen LogP contribution in [0.2, 0.25) is 0 Å². The van der Waals surface area contributed by atoms with Gasteiger partial charge in [-0.15, -0.1) is 0 Å². The molecule has 0 aliphatic heterocycles. The van der Waals surface area contributed by atoms with Gasteiger partial charge < -0.3 is 15.5 Å². The van der Waals surface area contributed by atoms with Gasteiger partial charge in [0.1, 0.15) is 0 Å². The Balaban J connectivity index is 3.71. The van der Waals surface area contributed by atoms with E-state index in [1.807, 2.05) is 0 Å². The van der Waals surface area contributed by atoms with Crippen LogP contribution in [-0.2, 0) is 0 Å². The second-order valence-electron chi connectivity index (χ2n) is 4.18. The SMILES string of the molecule is CCC(CC)(CO)CNCCC(C)O. The molecule has 14 heavy (non-hydrogen) atoms. The first-order chi connectivity index (χ1) is 6.60. The minimum Gasteiger partial charge on any atom is -0.396 e. The molecule has 0 amide bonds. The lowest BCUT2D eigenvalue weighted by molar-refractivity contribution is 0.111. The zero-order chi connectivity index (χ0) is 11.0. The van der Waals surface area contributed by atoms with Gasteiger partial charge in [-0.05, 0) is 32.7 Å². The van der Waals surface area contributed by atoms with E-state index in [0.29, 0.717) is 0 Å². The Hall–Kier alpha value is -0.120. The molecule has 0 saturated carbocycles. The van der Waals surface area contributed by atoms with Crippen LogP contribution in [0.1, 0.15) is 40.0 Å². The lowest BCUT2D eigenvalue weighted by Gasteiger charge is -2.29. The van der Waals surface area contributed by atoms with Gasteiger partial charge in [0.05, 0.1) is 6.10 Å². The highest BCUT2D eigenvalue weighted by Crippen LogP contribution is 2.24. The molecular formula is C11H25NO2. The fraction of sp³-hybridized carbons (Fsp3) is 1.00. The molecule has 0 aliphatic rings. The van der Waals surface area contributed by atoms with Gasteiger partial charge in [-0.25, -0.2) is 0 Å². The first-order valence-corrected chi connectivity index (χ1v) is 5.60. The van der Waals surface area contributed by atoms with E-state index in [1.165, 1.54) is 0 Å². The maximum atomic E-state index is 9.30. The molecule has 1 unspecified atom stereocenters. The standard InChI is InChI=1S/C11H25NO2/c1-4-11(5-2,9-13)8-12-7-6-10(3)14/h10,12-14H,4-9H2,1-3H3. The van der Waals surface area contributed by atoms with Gasteiger partial charge in [0.2, 0.25) is 0 Å². The molecule has 0 aromatic heterocycles. The average molecular weight is 203 g/mol. The maximum absolute atomic E-state index is 9.30. The van der Waals surface area contributed by atoms with Crippen LogP contribution in [0.15, 0.2) is 0 Å². The highest BCUT2D eigenvalue weighted by atomic mass is 16.3. The Morgan fingerprint density at radius 2 is 1.86 bits per heavy atom. The van der Waals surface area contributed by atoms with Gasteiger partial charge in [-0.1, -0.05) is 13.8 Å². The number of nitrogens with one attached hydrogen (secondary N) is 1. The third-order valence-electron chi connectivity index (χ3n) is 3.07. The van der Waals surface area contributed by atoms with Gasteiger partial charge >= 0.3 is 0 Å². The third kappa shape index (κ3) is 4.94. The molecule has 3 heteroatoms. The highest BCUT2D eigenvalue weighted by Gasteiger charge is 2.24. The quantitative estimate of drug-likeness (QED) is 0.519. The average Bonchev–Trinajstić information content (AvgIpc) is 2.19. The monoisotopic (exact) mass is 203 g/mol. The van der Waals surface area contributed by atoms with Gasteiger partial charge in [0, 0.05) is 18.6 Å². The lowest BCUT2D eigenvalue weighted by Crippen LogP contribution is -2.37. The van der Waals surface area contributed by atoms with Crippen LogP contribution < -0.4 is 5.32 Å². The number of rotatable bonds is 8. The van der Waals surface area contributed by atoms with Crippen LogP contribution >= 0.6 is 0 Å². The van der Waals surface area contributed by atoms with Crippen molar-refractivity contribution in [3.8, 4) is 0 Å². The summed E-state index contributed by atoms with van der Waals surface area (Å²) in [6, 6.07) is 0. The van der Waals surface area contributed by atoms with Crippen LogP contribution in [0.4, 0.5) is 0 Å². The van der Waals surface area contributed by atoms with Gasteiger partial charge in [-0.2, -0.15) is 0 Å². The van der Waals surface area contributed by atoms with Crippen molar-refractivity contribution < 1.29 is 10.2 Å². The van der Waals surface area contributed by atoms with Crippen LogP contribution in [0.5, 0.6) is 0 Å². The summed E-state index contributed by atoms with van der Waals surface area (Å²) in [4.78, 5) is 0. The van der Waals surface area contributed by atoms with Crippen LogP contribution in [0.25, 0.3) is 0 Å². The lowest BCUT2D eigenvalue weighted by atomic mass is 9.83. The van der Waals surface area contributed by atoms with Crippen molar-refractivity contribution >= 4 is 0 Å². The van der Waals surface area contributed by atoms with E-state index in [2.05, 4.69) is 19.2 Å². The molecule has 0 aromatic carbocycles. The maximum Gasteiger partial charge on any atom is 0.0524 e. The van der Waals surface area contributed by atoms with Crippen molar-refractivity contribution in [2.45, 2.75) is 46.1 Å². The van der Waals surface area contributed by atoms with E-state index >= 15 is 0 Å². The molecular weight excluding hydrogens is 178 g/mol. The van der Waals surface area contributed by atoms with E-state index < -0.39 is 0 Å². The first kappa shape index (κ1) is 13.9. The summed E-state index contributed by atoms with van der Waals surface area (Å²) in [5.74, 6) is 0. The number of aliphatic hydroxyl groups is 2. The predicted molar refractivity (Wildman–Crippen MR) is 59.3 cm³/mol. The van der Waals surface area contributed by atoms with Crippen molar-refractivity contribution in [2.24, 2.45) is 5.41 Å². The van der Waals surface area contributed by atoms with Gasteiger partial charge in [0.15, 0.2) is 0 Å². The molecule has 0 aliphatic carbocycles. The normalized spacial score (nSPS) is 14.4. The summed E-state index contributed by atoms with van der Waals surface area (Å²) in [5.41, 5.74) is 0.0265. The Kier molecular flexibility index (Phi) is 7.15. The van der Waals surface area contributed by atoms with Crippen LogP contribution in [-0.4, -0.2) is 36.0 Å². The Bertz CT molecular complexity index is 125. The Labute approximate surface area is 87.5 Å². The molecule has 0 fully saturated rings. The molecule has 0 aromatic rings. The van der Waals surface area contributed by atoms with Gasteiger partial charge in [-0.3, -0.25) is 0 Å². The second kappa shape index (κ2) is 7.21. The van der Waals surface area contributed by atoms with E-state index in [1.54, 1.807) is 6.92 Å². The fourth-order valence-electron chi connectivity index (χ4n) is 1.44. The summed E-state index contributed by atoms with van der Waals surface area (Å²) in [7, 11) is 0. The van der Waals surface area contributed by atoms with E-state index in [-0.39, 0.29) is 18.1 Å². The van der Waals surface area contributed by atoms with Crippen LogP contribution in [0, 0.1) is 5.41 Å². The van der Waals surface area contributed by atoms with Crippen molar-refractivity contribution in [1.82, 2.24) is 5.32 Å². The molecule has 0 heterocycles. The smallest absolute Gasteiger partial charge is 0.0524 e. The minimum absolute atomic E-state index is 0.0265. The molecule has 86 valence electrons. The van der Waals surface area contributed by atoms with E-state index in [0.717, 1.165) is 32.4 Å². The Morgan fingerprint density at radius 1 is 1.29 bits per heavy atom. The summed E-state index contributed by atoms with van der Waals surface area (Å²) in [6.45, 7) is 7.90. The predicted octanol–water partition coefficient (Wildman–Crippen LogP) is 1.15. The molecule has 3 N–H and O–H groups in total. The van der Waals surface area contributed by atoms with Crippen molar-refractivity contribution in [1.29, 1.82) is 0 Å². The van der Waals surface area contributed by atoms with Gasteiger partial charge in [0.25, 0.3) is 0 Å². The highest BCUT2D eigenvalue weighted by molar-refractivity contribution is 4.78. The molecule has 3 nitrogen and oxygen atoms in total. The fourth-order valence-corrected chi connectivity index (χ4v) is 1.44. The molecule has 0 radical (unpaired) electrons. The summed E-state index contributed by atoms with van der Waals surface area (Å²) >= 11 is 0. The minimum atomic E-state index is -0.241. The number of hydrogen-bond donors (Lipinski definition) is 3. The summed E-state index contributed by atoms with van der Waals surface area (Å²) in [5, 5.41) is 21.7. The van der Waals surface area contributed by atoms with Crippen molar-refractivity contribution in [3.05, 3.63) is 0 Å². The number of aliphatic hydroxyl groups excluding tert-OH is 2. The summed E-state index contributed by atoms with van der Waals surface area (Å²) < 4.78 is 0. The Morgan fingerprint density at radius 3 is 2.21 bits per heavy atom. The zero-order valence-corrected chi connectivity index (χ0v) is 9.71. The third-order valence-corrected chi connectivity index (χ3v) is 3.07. The molecule has 0 rings (SSSR count). The van der Waals surface area contributed by atoms with E-state index in [4.69, 9.17) is 5.11 Å². The molecule has 0 bridgehead atoms.